The first-order valence-corrected chi connectivity index (χ1v) is 9.35. The van der Waals surface area contributed by atoms with E-state index in [1.54, 1.807) is 11.3 Å². The van der Waals surface area contributed by atoms with Crippen molar-refractivity contribution in [3.05, 3.63) is 58.5 Å². The standard InChI is InChI=1S/C17H18N4OS2/c1-12(16(22)18-11-15-9-6-10-23-15)24-17-20-19-13(2)21(17)14-7-4-3-5-8-14/h3-10,12H,11H2,1-2H3,(H,18,22)/t12-/m0/s1. The Labute approximate surface area is 149 Å². The lowest BCUT2D eigenvalue weighted by Gasteiger charge is -2.13. The Kier molecular flexibility index (Phi) is 5.32. The van der Waals surface area contributed by atoms with Crippen LogP contribution in [0.4, 0.5) is 0 Å². The zero-order chi connectivity index (χ0) is 16.9. The van der Waals surface area contributed by atoms with Crippen molar-refractivity contribution in [3.63, 3.8) is 0 Å². The molecule has 1 amide bonds. The van der Waals surface area contributed by atoms with Crippen LogP contribution in [0.1, 0.15) is 17.6 Å². The van der Waals surface area contributed by atoms with Gasteiger partial charge in [-0.15, -0.1) is 21.5 Å². The van der Waals surface area contributed by atoms with Crippen molar-refractivity contribution < 1.29 is 4.79 Å². The number of thioether (sulfide) groups is 1. The topological polar surface area (TPSA) is 59.8 Å². The minimum Gasteiger partial charge on any atom is -0.350 e. The predicted molar refractivity (Wildman–Crippen MR) is 97.6 cm³/mol. The average molecular weight is 358 g/mol. The van der Waals surface area contributed by atoms with Crippen LogP contribution in [0, 0.1) is 6.92 Å². The molecule has 1 aromatic carbocycles. The Morgan fingerprint density at radius 3 is 2.75 bits per heavy atom. The molecule has 2 aromatic heterocycles. The number of carbonyl (C=O) groups is 1. The highest BCUT2D eigenvalue weighted by Crippen LogP contribution is 2.25. The molecule has 3 rings (SSSR count). The molecule has 0 saturated heterocycles. The van der Waals surface area contributed by atoms with Crippen LogP contribution in [-0.4, -0.2) is 25.9 Å². The van der Waals surface area contributed by atoms with Gasteiger partial charge >= 0.3 is 0 Å². The van der Waals surface area contributed by atoms with Gasteiger partial charge in [-0.3, -0.25) is 9.36 Å². The van der Waals surface area contributed by atoms with E-state index in [-0.39, 0.29) is 11.2 Å². The van der Waals surface area contributed by atoms with Gasteiger partial charge in [0.2, 0.25) is 5.91 Å². The number of hydrogen-bond donors (Lipinski definition) is 1. The van der Waals surface area contributed by atoms with Gasteiger partial charge in [-0.1, -0.05) is 36.0 Å². The fourth-order valence-electron chi connectivity index (χ4n) is 2.24. The summed E-state index contributed by atoms with van der Waals surface area (Å²) in [6.07, 6.45) is 0. The van der Waals surface area contributed by atoms with E-state index in [0.29, 0.717) is 6.54 Å². The van der Waals surface area contributed by atoms with Gasteiger partial charge in [0, 0.05) is 10.6 Å². The van der Waals surface area contributed by atoms with Crippen LogP contribution in [0.5, 0.6) is 0 Å². The van der Waals surface area contributed by atoms with Gasteiger partial charge in [0.05, 0.1) is 11.8 Å². The Balaban J connectivity index is 1.68. The number of rotatable bonds is 6. The molecular weight excluding hydrogens is 340 g/mol. The maximum Gasteiger partial charge on any atom is 0.233 e. The van der Waals surface area contributed by atoms with Crippen LogP contribution in [0.2, 0.25) is 0 Å². The summed E-state index contributed by atoms with van der Waals surface area (Å²) in [6, 6.07) is 13.9. The second-order valence-corrected chi connectivity index (χ2v) is 7.60. The molecule has 0 radical (unpaired) electrons. The Morgan fingerprint density at radius 1 is 1.25 bits per heavy atom. The number of benzene rings is 1. The van der Waals surface area contributed by atoms with Crippen molar-refractivity contribution >= 4 is 29.0 Å². The third-order valence-corrected chi connectivity index (χ3v) is 5.40. The summed E-state index contributed by atoms with van der Waals surface area (Å²) in [6.45, 7) is 4.35. The molecule has 0 aliphatic heterocycles. The van der Waals surface area contributed by atoms with E-state index in [0.717, 1.165) is 21.5 Å². The molecule has 1 N–H and O–H groups in total. The molecular formula is C17H18N4OS2. The normalized spacial score (nSPS) is 12.1. The van der Waals surface area contributed by atoms with Crippen molar-refractivity contribution in [2.24, 2.45) is 0 Å². The molecule has 0 fully saturated rings. The van der Waals surface area contributed by atoms with Crippen LogP contribution in [0.25, 0.3) is 5.69 Å². The molecule has 0 aliphatic carbocycles. The number of nitrogens with zero attached hydrogens (tertiary/aromatic N) is 3. The zero-order valence-electron chi connectivity index (χ0n) is 13.5. The molecule has 2 heterocycles. The highest BCUT2D eigenvalue weighted by Gasteiger charge is 2.19. The molecule has 0 spiro atoms. The highest BCUT2D eigenvalue weighted by atomic mass is 32.2. The van der Waals surface area contributed by atoms with Crippen LogP contribution < -0.4 is 5.32 Å². The van der Waals surface area contributed by atoms with Crippen LogP contribution in [-0.2, 0) is 11.3 Å². The SMILES string of the molecule is Cc1nnc(S[C@@H](C)C(=O)NCc2cccs2)n1-c1ccccc1. The molecule has 0 saturated carbocycles. The molecule has 5 nitrogen and oxygen atoms in total. The summed E-state index contributed by atoms with van der Waals surface area (Å²) in [5, 5.41) is 13.8. The fraction of sp³-hybridized carbons (Fsp3) is 0.235. The number of aromatic nitrogens is 3. The van der Waals surface area contributed by atoms with Gasteiger partial charge in [-0.2, -0.15) is 0 Å². The van der Waals surface area contributed by atoms with Crippen LogP contribution >= 0.6 is 23.1 Å². The average Bonchev–Trinajstić information content (AvgIpc) is 3.23. The Morgan fingerprint density at radius 2 is 2.04 bits per heavy atom. The summed E-state index contributed by atoms with van der Waals surface area (Å²) in [5.41, 5.74) is 0.994. The minimum atomic E-state index is -0.254. The monoisotopic (exact) mass is 358 g/mol. The molecule has 24 heavy (non-hydrogen) atoms. The molecule has 1 atom stereocenters. The van der Waals surface area contributed by atoms with Gasteiger partial charge in [-0.05, 0) is 37.4 Å². The number of amides is 1. The maximum atomic E-state index is 12.3. The van der Waals surface area contributed by atoms with Crippen LogP contribution in [0.3, 0.4) is 0 Å². The predicted octanol–water partition coefficient (Wildman–Crippen LogP) is 3.43. The van der Waals surface area contributed by atoms with Crippen molar-refractivity contribution in [1.82, 2.24) is 20.1 Å². The van der Waals surface area contributed by atoms with E-state index in [4.69, 9.17) is 0 Å². The second kappa shape index (κ2) is 7.63. The summed E-state index contributed by atoms with van der Waals surface area (Å²) in [7, 11) is 0. The van der Waals surface area contributed by atoms with E-state index in [1.807, 2.05) is 66.3 Å². The first kappa shape index (κ1) is 16.7. The van der Waals surface area contributed by atoms with Gasteiger partial charge in [0.1, 0.15) is 5.82 Å². The Bertz CT molecular complexity index is 799. The Hall–Kier alpha value is -2.12. The minimum absolute atomic E-state index is 0.00587. The number of carbonyl (C=O) groups excluding carboxylic acids is 1. The lowest BCUT2D eigenvalue weighted by atomic mass is 10.3. The van der Waals surface area contributed by atoms with Crippen molar-refractivity contribution in [2.75, 3.05) is 0 Å². The van der Waals surface area contributed by atoms with Crippen molar-refractivity contribution in [2.45, 2.75) is 30.8 Å². The number of thiophene rings is 1. The first-order valence-electron chi connectivity index (χ1n) is 7.59. The number of nitrogens with one attached hydrogen (secondary N) is 1. The van der Waals surface area contributed by atoms with Gasteiger partial charge in [0.15, 0.2) is 5.16 Å². The molecule has 0 bridgehead atoms. The molecule has 0 aliphatic rings. The second-order valence-electron chi connectivity index (χ2n) is 5.26. The number of hydrogen-bond acceptors (Lipinski definition) is 5. The highest BCUT2D eigenvalue weighted by molar-refractivity contribution is 8.00. The molecule has 124 valence electrons. The van der Waals surface area contributed by atoms with Crippen LogP contribution in [0.15, 0.2) is 53.0 Å². The van der Waals surface area contributed by atoms with E-state index in [9.17, 15) is 4.79 Å². The summed E-state index contributed by atoms with van der Waals surface area (Å²) in [4.78, 5) is 13.5. The molecule has 0 unspecified atom stereocenters. The van der Waals surface area contributed by atoms with Crippen molar-refractivity contribution in [1.29, 1.82) is 0 Å². The summed E-state index contributed by atoms with van der Waals surface area (Å²) < 4.78 is 1.97. The smallest absolute Gasteiger partial charge is 0.233 e. The van der Waals surface area contributed by atoms with Gasteiger partial charge < -0.3 is 5.32 Å². The van der Waals surface area contributed by atoms with Gasteiger partial charge in [-0.25, -0.2) is 0 Å². The number of para-hydroxylation sites is 1. The number of aryl methyl sites for hydroxylation is 1. The zero-order valence-corrected chi connectivity index (χ0v) is 15.1. The lowest BCUT2D eigenvalue weighted by Crippen LogP contribution is -2.30. The lowest BCUT2D eigenvalue weighted by molar-refractivity contribution is -0.120. The van der Waals surface area contributed by atoms with E-state index in [2.05, 4.69) is 15.5 Å². The third kappa shape index (κ3) is 3.85. The van der Waals surface area contributed by atoms with E-state index < -0.39 is 0 Å². The quantitative estimate of drug-likeness (QED) is 0.686. The molecule has 7 heteroatoms. The fourth-order valence-corrected chi connectivity index (χ4v) is 3.82. The van der Waals surface area contributed by atoms with Crippen molar-refractivity contribution in [3.8, 4) is 5.69 Å². The van der Waals surface area contributed by atoms with Gasteiger partial charge in [0.25, 0.3) is 0 Å². The molecule has 3 aromatic rings. The summed E-state index contributed by atoms with van der Waals surface area (Å²) >= 11 is 3.05. The first-order chi connectivity index (χ1) is 11.6. The maximum absolute atomic E-state index is 12.3. The van der Waals surface area contributed by atoms with E-state index >= 15 is 0 Å². The summed E-state index contributed by atoms with van der Waals surface area (Å²) in [5.74, 6) is 0.795. The third-order valence-electron chi connectivity index (χ3n) is 3.48. The largest absolute Gasteiger partial charge is 0.350 e. The van der Waals surface area contributed by atoms with E-state index in [1.165, 1.54) is 11.8 Å².